The Morgan fingerprint density at radius 1 is 0.889 bits per heavy atom. The molecule has 16 nitrogen and oxygen atoms in total. The smallest absolute Gasteiger partial charge is 0.407 e. The fourth-order valence-corrected chi connectivity index (χ4v) is 6.61. The van der Waals surface area contributed by atoms with Gasteiger partial charge in [-0.2, -0.15) is 5.26 Å². The van der Waals surface area contributed by atoms with E-state index in [-0.39, 0.29) is 68.5 Å². The second kappa shape index (κ2) is 23.2. The highest BCUT2D eigenvalue weighted by Crippen LogP contribution is 2.42. The fraction of sp³-hybridized carbons (Fsp3) is 0.422. The zero-order valence-corrected chi connectivity index (χ0v) is 37.7. The maximum absolute atomic E-state index is 12.8. The SMILES string of the molecule is [C-]#[N+]c1c(N)nc(SCc2coc(-c3ccc(Cl)cc3)n2)c(C#N)c1-c1ccc(OC[C@H](COC(=O)CCCCC(=O)OC(C)(C)C)OC(=O)CCCNC(=O)OC(C)(C)C)cc1. The van der Waals surface area contributed by atoms with Gasteiger partial charge in [0.1, 0.15) is 53.3 Å². The number of thioether (sulfide) groups is 1. The minimum absolute atomic E-state index is 0.0101. The van der Waals surface area contributed by atoms with E-state index < -0.39 is 35.3 Å². The van der Waals surface area contributed by atoms with E-state index in [2.05, 4.69) is 26.2 Å². The second-order valence-corrected chi connectivity index (χ2v) is 17.4. The first-order valence-corrected chi connectivity index (χ1v) is 21.4. The van der Waals surface area contributed by atoms with Gasteiger partial charge >= 0.3 is 24.0 Å². The number of benzene rings is 2. The number of hydrogen-bond donors (Lipinski definition) is 2. The lowest BCUT2D eigenvalue weighted by atomic mass is 10.00. The predicted molar refractivity (Wildman–Crippen MR) is 236 cm³/mol. The Kier molecular flexibility index (Phi) is 18.2. The molecular weight excluding hydrogens is 852 g/mol. The van der Waals surface area contributed by atoms with Crippen molar-refractivity contribution in [2.75, 3.05) is 25.5 Å². The molecular formula is C45H51ClN6O10S. The number of hydrogen-bond acceptors (Lipinski definition) is 15. The average Bonchev–Trinajstić information content (AvgIpc) is 3.69. The number of nitrogens with zero attached hydrogens (tertiary/aromatic N) is 4. The van der Waals surface area contributed by atoms with Crippen LogP contribution in [0.15, 0.2) is 64.2 Å². The minimum Gasteiger partial charge on any atom is -0.490 e. The molecule has 0 radical (unpaired) electrons. The number of unbranched alkanes of at least 4 members (excludes halogenated alkanes) is 1. The molecule has 2 aromatic carbocycles. The molecule has 0 unspecified atom stereocenters. The quantitative estimate of drug-likeness (QED) is 0.0277. The first-order chi connectivity index (χ1) is 29.8. The van der Waals surface area contributed by atoms with Crippen molar-refractivity contribution >= 4 is 58.9 Å². The summed E-state index contributed by atoms with van der Waals surface area (Å²) in [5.74, 6) is -0.523. The number of nitrogen functional groups attached to an aromatic ring is 1. The standard InChI is InChI=1S/C45H51ClN6O10S/c1-44(2,3)61-37(55)12-9-8-11-35(53)58-26-33(60-36(54)13-10-22-50-43(56)62-45(4,5)6)25-57-32-20-16-28(17-21-32)38-34(23-47)42(52-40(48)39(38)49-7)63-27-31-24-59-41(51-31)29-14-18-30(46)19-15-29/h14-21,24,33H,8-13,22,25-27H2,1-6H3,(H2,48,52)(H,50,56)/t33-/m1/s1. The lowest BCUT2D eigenvalue weighted by molar-refractivity contribution is -0.161. The van der Waals surface area contributed by atoms with Crippen molar-refractivity contribution in [1.29, 1.82) is 5.26 Å². The Bertz CT molecular complexity index is 2290. The van der Waals surface area contributed by atoms with Crippen LogP contribution in [0, 0.1) is 17.9 Å². The Balaban J connectivity index is 1.41. The van der Waals surface area contributed by atoms with Crippen molar-refractivity contribution < 1.29 is 47.3 Å². The Morgan fingerprint density at radius 2 is 1.52 bits per heavy atom. The summed E-state index contributed by atoms with van der Waals surface area (Å²) in [6.07, 6.45) is 1.09. The summed E-state index contributed by atoms with van der Waals surface area (Å²) in [7, 11) is 0. The topological polar surface area (TPSA) is 220 Å². The summed E-state index contributed by atoms with van der Waals surface area (Å²) in [4.78, 5) is 61.9. The Morgan fingerprint density at radius 3 is 2.16 bits per heavy atom. The monoisotopic (exact) mass is 902 g/mol. The summed E-state index contributed by atoms with van der Waals surface area (Å²) in [6, 6.07) is 15.8. The number of nitrogens with two attached hydrogens (primary N) is 1. The number of amides is 1. The number of nitriles is 1. The number of carbonyl (C=O) groups is 4. The van der Waals surface area contributed by atoms with Crippen LogP contribution >= 0.6 is 23.4 Å². The highest BCUT2D eigenvalue weighted by molar-refractivity contribution is 7.98. The van der Waals surface area contributed by atoms with Crippen molar-refractivity contribution in [2.45, 2.75) is 108 Å². The van der Waals surface area contributed by atoms with Crippen molar-refractivity contribution in [2.24, 2.45) is 0 Å². The number of esters is 3. The number of carbonyl (C=O) groups excluding carboxylic acids is 4. The van der Waals surface area contributed by atoms with E-state index in [0.717, 1.165) is 5.56 Å². The minimum atomic E-state index is -1.01. The van der Waals surface area contributed by atoms with Gasteiger partial charge in [-0.25, -0.2) is 19.6 Å². The molecule has 3 N–H and O–H groups in total. The number of pyridine rings is 1. The van der Waals surface area contributed by atoms with Crippen molar-refractivity contribution in [3.63, 3.8) is 0 Å². The third-order valence-electron chi connectivity index (χ3n) is 8.35. The highest BCUT2D eigenvalue weighted by Gasteiger charge is 2.23. The highest BCUT2D eigenvalue weighted by atomic mass is 35.5. The number of oxazole rings is 1. The van der Waals surface area contributed by atoms with Crippen LogP contribution in [-0.4, -0.2) is 71.0 Å². The number of alkyl carbamates (subject to hydrolysis) is 1. The summed E-state index contributed by atoms with van der Waals surface area (Å²) < 4.78 is 33.2. The van der Waals surface area contributed by atoms with Gasteiger partial charge in [0.05, 0.1) is 17.8 Å². The first-order valence-electron chi connectivity index (χ1n) is 20.0. The summed E-state index contributed by atoms with van der Waals surface area (Å²) in [5.41, 5.74) is 7.27. The maximum atomic E-state index is 12.8. The molecule has 1 atom stereocenters. The van der Waals surface area contributed by atoms with E-state index in [1.54, 1.807) is 90.1 Å². The van der Waals surface area contributed by atoms with E-state index in [1.807, 2.05) is 0 Å². The zero-order valence-electron chi connectivity index (χ0n) is 36.1. The van der Waals surface area contributed by atoms with Gasteiger partial charge in [0.25, 0.3) is 0 Å². The van der Waals surface area contributed by atoms with Crippen LogP contribution in [-0.2, 0) is 39.1 Å². The van der Waals surface area contributed by atoms with Crippen LogP contribution in [0.4, 0.5) is 16.3 Å². The molecule has 0 aliphatic carbocycles. The molecule has 0 aliphatic rings. The summed E-state index contributed by atoms with van der Waals surface area (Å²) in [5, 5.41) is 13.8. The number of aromatic nitrogens is 2. The zero-order chi connectivity index (χ0) is 46.2. The van der Waals surface area contributed by atoms with E-state index in [4.69, 9.17) is 52.0 Å². The maximum Gasteiger partial charge on any atom is 0.407 e. The molecule has 0 spiro atoms. The average molecular weight is 903 g/mol. The number of ether oxygens (including phenoxy) is 5. The molecule has 4 aromatic rings. The molecule has 0 saturated heterocycles. The Labute approximate surface area is 375 Å². The molecule has 0 fully saturated rings. The van der Waals surface area contributed by atoms with Gasteiger partial charge in [-0.1, -0.05) is 35.5 Å². The lowest BCUT2D eigenvalue weighted by Gasteiger charge is -2.20. The first kappa shape index (κ1) is 49.4. The van der Waals surface area contributed by atoms with Crippen LogP contribution in [0.25, 0.3) is 27.4 Å². The van der Waals surface area contributed by atoms with Gasteiger partial charge in [-0.3, -0.25) is 14.4 Å². The normalized spacial score (nSPS) is 11.7. The van der Waals surface area contributed by atoms with Crippen molar-refractivity contribution in [1.82, 2.24) is 15.3 Å². The summed E-state index contributed by atoms with van der Waals surface area (Å²) >= 11 is 7.22. The molecule has 63 heavy (non-hydrogen) atoms. The molecule has 1 amide bonds. The Hall–Kier alpha value is -6.30. The number of nitrogens with one attached hydrogen (secondary N) is 1. The van der Waals surface area contributed by atoms with Crippen molar-refractivity contribution in [3.8, 4) is 34.4 Å². The largest absolute Gasteiger partial charge is 0.490 e. The molecule has 0 aliphatic heterocycles. The van der Waals surface area contributed by atoms with E-state index in [9.17, 15) is 24.4 Å². The van der Waals surface area contributed by atoms with E-state index in [1.165, 1.54) is 18.0 Å². The molecule has 2 heterocycles. The summed E-state index contributed by atoms with van der Waals surface area (Å²) in [6.45, 7) is 18.0. The van der Waals surface area contributed by atoms with Crippen LogP contribution in [0.1, 0.15) is 91.3 Å². The third-order valence-corrected chi connectivity index (χ3v) is 9.61. The molecule has 2 aromatic heterocycles. The molecule has 18 heteroatoms. The van der Waals surface area contributed by atoms with Crippen LogP contribution < -0.4 is 15.8 Å². The number of anilines is 1. The number of halogens is 1. The predicted octanol–water partition coefficient (Wildman–Crippen LogP) is 9.39. The fourth-order valence-electron chi connectivity index (χ4n) is 5.61. The van der Waals surface area contributed by atoms with Gasteiger partial charge in [-0.15, -0.1) is 0 Å². The van der Waals surface area contributed by atoms with E-state index in [0.29, 0.717) is 57.1 Å². The number of rotatable bonds is 20. The van der Waals surface area contributed by atoms with Gasteiger partial charge < -0.3 is 39.2 Å². The van der Waals surface area contributed by atoms with Crippen LogP contribution in [0.2, 0.25) is 5.02 Å². The van der Waals surface area contributed by atoms with Gasteiger partial charge in [0, 0.05) is 47.7 Å². The molecule has 0 saturated carbocycles. The molecule has 0 bridgehead atoms. The van der Waals surface area contributed by atoms with Gasteiger partial charge in [-0.05, 0) is 103 Å². The molecule has 334 valence electrons. The van der Waals surface area contributed by atoms with Gasteiger partial charge in [0.15, 0.2) is 6.10 Å². The molecule has 4 rings (SSSR count). The van der Waals surface area contributed by atoms with E-state index >= 15 is 0 Å². The second-order valence-electron chi connectivity index (χ2n) is 16.0. The van der Waals surface area contributed by atoms with Gasteiger partial charge in [0.2, 0.25) is 11.6 Å². The van der Waals surface area contributed by atoms with Crippen LogP contribution in [0.5, 0.6) is 5.75 Å². The van der Waals surface area contributed by atoms with Crippen LogP contribution in [0.3, 0.4) is 0 Å². The third kappa shape index (κ3) is 16.8. The lowest BCUT2D eigenvalue weighted by Crippen LogP contribution is -2.33. The van der Waals surface area contributed by atoms with Crippen molar-refractivity contribution in [3.05, 3.63) is 82.5 Å².